The highest BCUT2D eigenvalue weighted by Gasteiger charge is 2.23. The molecule has 4 nitrogen and oxygen atoms in total. The average Bonchev–Trinajstić information content (AvgIpc) is 2.37. The SMILES string of the molecule is CC(C)(N)C(O)Cc1csnn1. The molecule has 1 unspecified atom stereocenters. The lowest BCUT2D eigenvalue weighted by Gasteiger charge is -2.24. The zero-order valence-corrected chi connectivity index (χ0v) is 8.01. The Morgan fingerprint density at radius 1 is 1.75 bits per heavy atom. The van der Waals surface area contributed by atoms with Gasteiger partial charge in [0.2, 0.25) is 0 Å². The van der Waals surface area contributed by atoms with Crippen molar-refractivity contribution in [3.8, 4) is 0 Å². The first kappa shape index (κ1) is 9.57. The summed E-state index contributed by atoms with van der Waals surface area (Å²) in [6, 6.07) is 0. The Balaban J connectivity index is 2.53. The van der Waals surface area contributed by atoms with Crippen LogP contribution in [-0.4, -0.2) is 26.3 Å². The van der Waals surface area contributed by atoms with Crippen molar-refractivity contribution in [2.24, 2.45) is 5.73 Å². The number of rotatable bonds is 3. The molecule has 1 rings (SSSR count). The largest absolute Gasteiger partial charge is 0.391 e. The lowest BCUT2D eigenvalue weighted by molar-refractivity contribution is 0.103. The molecule has 5 heteroatoms. The molecule has 68 valence electrons. The fourth-order valence-corrected chi connectivity index (χ4v) is 1.20. The van der Waals surface area contributed by atoms with Crippen molar-refractivity contribution >= 4 is 11.5 Å². The van der Waals surface area contributed by atoms with E-state index in [0.717, 1.165) is 5.69 Å². The summed E-state index contributed by atoms with van der Waals surface area (Å²) in [5, 5.41) is 15.2. The number of aliphatic hydroxyl groups excluding tert-OH is 1. The number of aliphatic hydroxyl groups is 1. The Labute approximate surface area is 75.6 Å². The highest BCUT2D eigenvalue weighted by Crippen LogP contribution is 2.10. The number of nitrogens with zero attached hydrogens (tertiary/aromatic N) is 2. The average molecular weight is 187 g/mol. The maximum Gasteiger partial charge on any atom is 0.0781 e. The normalized spacial score (nSPS) is 14.7. The van der Waals surface area contributed by atoms with Crippen LogP contribution in [0.5, 0.6) is 0 Å². The van der Waals surface area contributed by atoms with Gasteiger partial charge >= 0.3 is 0 Å². The van der Waals surface area contributed by atoms with Gasteiger partial charge in [-0.05, 0) is 25.4 Å². The number of hydrogen-bond acceptors (Lipinski definition) is 5. The van der Waals surface area contributed by atoms with E-state index in [2.05, 4.69) is 9.59 Å². The third kappa shape index (κ3) is 2.51. The van der Waals surface area contributed by atoms with E-state index in [-0.39, 0.29) is 0 Å². The standard InChI is InChI=1S/C7H13N3OS/c1-7(2,8)6(11)3-5-4-12-10-9-5/h4,6,11H,3,8H2,1-2H3. The van der Waals surface area contributed by atoms with Crippen molar-refractivity contribution in [2.75, 3.05) is 0 Å². The molecular weight excluding hydrogens is 174 g/mol. The van der Waals surface area contributed by atoms with Crippen LogP contribution in [0.25, 0.3) is 0 Å². The molecular formula is C7H13N3OS. The molecule has 1 atom stereocenters. The van der Waals surface area contributed by atoms with Gasteiger partial charge in [0, 0.05) is 17.3 Å². The van der Waals surface area contributed by atoms with E-state index in [1.165, 1.54) is 11.5 Å². The number of hydrogen-bond donors (Lipinski definition) is 2. The first-order valence-electron chi connectivity index (χ1n) is 3.73. The molecule has 0 aromatic carbocycles. The second-order valence-corrected chi connectivity index (χ2v) is 4.05. The maximum absolute atomic E-state index is 9.57. The first-order chi connectivity index (χ1) is 5.50. The monoisotopic (exact) mass is 187 g/mol. The van der Waals surface area contributed by atoms with Crippen molar-refractivity contribution in [1.82, 2.24) is 9.59 Å². The third-order valence-electron chi connectivity index (χ3n) is 1.67. The van der Waals surface area contributed by atoms with Crippen LogP contribution in [-0.2, 0) is 6.42 Å². The quantitative estimate of drug-likeness (QED) is 0.708. The van der Waals surface area contributed by atoms with Gasteiger partial charge in [-0.1, -0.05) is 4.49 Å². The van der Waals surface area contributed by atoms with E-state index < -0.39 is 11.6 Å². The van der Waals surface area contributed by atoms with Gasteiger partial charge in [0.25, 0.3) is 0 Å². The van der Waals surface area contributed by atoms with Crippen molar-refractivity contribution in [1.29, 1.82) is 0 Å². The van der Waals surface area contributed by atoms with Crippen LogP contribution >= 0.6 is 11.5 Å². The van der Waals surface area contributed by atoms with Crippen LogP contribution in [0, 0.1) is 0 Å². The molecule has 1 heterocycles. The second kappa shape index (κ2) is 3.47. The summed E-state index contributed by atoms with van der Waals surface area (Å²) in [7, 11) is 0. The Bertz CT molecular complexity index is 229. The van der Waals surface area contributed by atoms with Gasteiger partial charge in [0.15, 0.2) is 0 Å². The molecule has 0 spiro atoms. The minimum Gasteiger partial charge on any atom is -0.391 e. The molecule has 0 saturated heterocycles. The molecule has 0 bridgehead atoms. The topological polar surface area (TPSA) is 72.0 Å². The van der Waals surface area contributed by atoms with Gasteiger partial charge in [0.1, 0.15) is 0 Å². The minimum absolute atomic E-state index is 0.472. The summed E-state index contributed by atoms with van der Waals surface area (Å²) < 4.78 is 3.70. The molecule has 12 heavy (non-hydrogen) atoms. The highest BCUT2D eigenvalue weighted by atomic mass is 32.1. The van der Waals surface area contributed by atoms with Gasteiger partial charge in [-0.3, -0.25) is 0 Å². The predicted octanol–water partition coefficient (Wildman–Crippen LogP) is 0.179. The molecule has 0 radical (unpaired) electrons. The summed E-state index contributed by atoms with van der Waals surface area (Å²) in [4.78, 5) is 0. The van der Waals surface area contributed by atoms with Gasteiger partial charge < -0.3 is 10.8 Å². The lowest BCUT2D eigenvalue weighted by Crippen LogP contribution is -2.46. The van der Waals surface area contributed by atoms with E-state index in [1.54, 1.807) is 13.8 Å². The summed E-state index contributed by atoms with van der Waals surface area (Å²) in [5.41, 5.74) is 5.92. The Hall–Kier alpha value is -0.520. The van der Waals surface area contributed by atoms with E-state index >= 15 is 0 Å². The van der Waals surface area contributed by atoms with Crippen LogP contribution in [0.4, 0.5) is 0 Å². The molecule has 0 aliphatic heterocycles. The van der Waals surface area contributed by atoms with Gasteiger partial charge in [-0.25, -0.2) is 0 Å². The van der Waals surface area contributed by atoms with Crippen molar-refractivity contribution in [3.63, 3.8) is 0 Å². The fourth-order valence-electron chi connectivity index (χ4n) is 0.734. The van der Waals surface area contributed by atoms with Crippen LogP contribution < -0.4 is 5.73 Å². The van der Waals surface area contributed by atoms with Crippen LogP contribution in [0.1, 0.15) is 19.5 Å². The highest BCUT2D eigenvalue weighted by molar-refractivity contribution is 7.03. The van der Waals surface area contributed by atoms with E-state index in [0.29, 0.717) is 6.42 Å². The number of aromatic nitrogens is 2. The van der Waals surface area contributed by atoms with Gasteiger partial charge in [0.05, 0.1) is 11.8 Å². The Morgan fingerprint density at radius 2 is 2.42 bits per heavy atom. The minimum atomic E-state index is -0.580. The first-order valence-corrected chi connectivity index (χ1v) is 4.56. The second-order valence-electron chi connectivity index (χ2n) is 3.44. The van der Waals surface area contributed by atoms with Crippen LogP contribution in [0.15, 0.2) is 5.38 Å². The predicted molar refractivity (Wildman–Crippen MR) is 47.9 cm³/mol. The van der Waals surface area contributed by atoms with E-state index in [9.17, 15) is 5.11 Å². The van der Waals surface area contributed by atoms with E-state index in [4.69, 9.17) is 5.73 Å². The summed E-state index contributed by atoms with van der Waals surface area (Å²) >= 11 is 1.28. The molecule has 0 aliphatic carbocycles. The molecule has 1 aromatic heterocycles. The zero-order valence-electron chi connectivity index (χ0n) is 7.19. The fraction of sp³-hybridized carbons (Fsp3) is 0.714. The smallest absolute Gasteiger partial charge is 0.0781 e. The number of nitrogens with two attached hydrogens (primary N) is 1. The molecule has 0 amide bonds. The summed E-state index contributed by atoms with van der Waals surface area (Å²) in [6.07, 6.45) is -0.0959. The Morgan fingerprint density at radius 3 is 2.83 bits per heavy atom. The zero-order chi connectivity index (χ0) is 9.19. The van der Waals surface area contributed by atoms with Crippen LogP contribution in [0.2, 0.25) is 0 Å². The molecule has 0 aliphatic rings. The lowest BCUT2D eigenvalue weighted by atomic mass is 9.95. The third-order valence-corrected chi connectivity index (χ3v) is 2.22. The maximum atomic E-state index is 9.57. The molecule has 3 N–H and O–H groups in total. The van der Waals surface area contributed by atoms with E-state index in [1.807, 2.05) is 5.38 Å². The van der Waals surface area contributed by atoms with Crippen molar-refractivity contribution < 1.29 is 5.11 Å². The molecule has 0 saturated carbocycles. The van der Waals surface area contributed by atoms with Crippen LogP contribution in [0.3, 0.4) is 0 Å². The summed E-state index contributed by atoms with van der Waals surface area (Å²) in [5.74, 6) is 0. The Kier molecular flexibility index (Phi) is 2.76. The molecule has 0 fully saturated rings. The summed E-state index contributed by atoms with van der Waals surface area (Å²) in [6.45, 7) is 3.58. The van der Waals surface area contributed by atoms with Crippen molar-refractivity contribution in [3.05, 3.63) is 11.1 Å². The molecule has 1 aromatic rings. The van der Waals surface area contributed by atoms with Gasteiger partial charge in [-0.15, -0.1) is 5.10 Å². The van der Waals surface area contributed by atoms with Crippen molar-refractivity contribution in [2.45, 2.75) is 31.9 Å². The van der Waals surface area contributed by atoms with Gasteiger partial charge in [-0.2, -0.15) is 0 Å².